The van der Waals surface area contributed by atoms with Crippen LogP contribution in [0.4, 0.5) is 17.6 Å². The van der Waals surface area contributed by atoms with E-state index < -0.39 is 69.0 Å². The van der Waals surface area contributed by atoms with Crippen molar-refractivity contribution in [1.82, 2.24) is 44.7 Å². The summed E-state index contributed by atoms with van der Waals surface area (Å²) in [6, 6.07) is 6.23. The fourth-order valence-electron chi connectivity index (χ4n) is 15.0. The summed E-state index contributed by atoms with van der Waals surface area (Å²) in [7, 11) is 5.94. The molecule has 0 radical (unpaired) electrons. The summed E-state index contributed by atoms with van der Waals surface area (Å²) < 4.78 is 72.6. The summed E-state index contributed by atoms with van der Waals surface area (Å²) in [6.45, 7) is 56.8. The molecule has 0 saturated carbocycles. The lowest BCUT2D eigenvalue weighted by Crippen LogP contribution is -2.57. The van der Waals surface area contributed by atoms with Gasteiger partial charge in [0.15, 0.2) is 34.5 Å². The molecule has 2 aromatic carbocycles. The molecule has 3 fully saturated rings. The Morgan fingerprint density at radius 1 is 0.519 bits per heavy atom. The molecule has 0 bridgehead atoms. The number of hydrogen-bond donors (Lipinski definition) is 7. The summed E-state index contributed by atoms with van der Waals surface area (Å²) in [5.74, 6) is -1.48. The number of fused-ring (bicyclic) bond motifs is 4. The lowest BCUT2D eigenvalue weighted by molar-refractivity contribution is -0.156. The van der Waals surface area contributed by atoms with E-state index in [4.69, 9.17) is 25.7 Å². The number of carbonyl (C=O) groups excluding carboxylic acids is 7. The van der Waals surface area contributed by atoms with Crippen molar-refractivity contribution < 1.29 is 75.5 Å². The first-order valence-electron chi connectivity index (χ1n) is 48.3. The van der Waals surface area contributed by atoms with Gasteiger partial charge in [-0.1, -0.05) is 157 Å². The Bertz CT molecular complexity index is 4120. The molecule has 9 rings (SSSR count). The molecule has 2 amide bonds. The minimum atomic E-state index is -0.908. The predicted molar refractivity (Wildman–Crippen MR) is 532 cm³/mol. The molecule has 764 valence electrons. The van der Waals surface area contributed by atoms with Gasteiger partial charge < -0.3 is 75.6 Å². The van der Waals surface area contributed by atoms with E-state index in [1.807, 2.05) is 90.4 Å². The Balaban J connectivity index is 0. The number of nitrogens with two attached hydrogens (primary N) is 2. The Kier molecular flexibility index (Phi) is 64.6. The number of pyridine rings is 2. The first-order chi connectivity index (χ1) is 61.6. The molecule has 0 aliphatic carbocycles. The minimum absolute atomic E-state index is 0. The van der Waals surface area contributed by atoms with Crippen molar-refractivity contribution in [2.45, 2.75) is 326 Å². The maximum Gasteiger partial charge on any atom is 0.306 e. The monoisotopic (exact) mass is 1880 g/mol. The number of aromatic nitrogens is 2. The number of esters is 2. The highest BCUT2D eigenvalue weighted by molar-refractivity contribution is 6.01. The largest absolute Gasteiger partial charge is 0.503 e. The number of benzene rings is 2. The number of ketones is 2. The van der Waals surface area contributed by atoms with E-state index in [2.05, 4.69) is 109 Å². The highest BCUT2D eigenvalue weighted by atomic mass is 19.1. The number of hydrogen-bond acceptors (Lipinski definition) is 21. The van der Waals surface area contributed by atoms with Crippen LogP contribution in [-0.4, -0.2) is 210 Å². The number of carbonyl (C=O) groups is 7. The van der Waals surface area contributed by atoms with Gasteiger partial charge in [-0.25, -0.2) is 17.6 Å². The molecule has 0 spiro atoms. The van der Waals surface area contributed by atoms with Gasteiger partial charge in [0.1, 0.15) is 53.1 Å². The van der Waals surface area contributed by atoms with Crippen molar-refractivity contribution in [2.75, 3.05) is 106 Å². The second-order valence-corrected chi connectivity index (χ2v) is 39.4. The molecule has 29 heteroatoms. The summed E-state index contributed by atoms with van der Waals surface area (Å²) in [5, 5.41) is 30.8. The number of rotatable bonds is 35. The Hall–Kier alpha value is -7.77. The van der Waals surface area contributed by atoms with Gasteiger partial charge in [0.25, 0.3) is 11.8 Å². The standard InChI is InChI=1S/2C26H31F2N3O4.C12H25NO2.C11H23NO2.C11H25N.C6H16N2.2C4H8O.C2H6.2CH4/c1-15(2)11-29-12-16(3)8-9-31-22(29)14-30-13-19(24(33)25(34)23(30)26(31)35)21(32)7-5-17-4-6-18(27)10-20(17)28;1-15(2)11-29-9-8-16(3)12-31-22(29)14-30-13-19(24(33)25(34)23(30)26(31)35)21(32)7-5-17-4-6-18(27)10-20(17)28;1-10(8-9-13-5)6-7-11(14)15-12(2,3)4;1-9(7-8-12)5-6-10(13)14-11(2,3)4;1-10(2)6-5-7-11(3)8-9-12-4;1-6(5-7)3-4-8-2;1-2-4-5-3-1;1-4(2)3-5;1-2;;/h2*4,6,10,13,15-16,22,34H,5,7-9,11-12,14H2,1-3H3;10,13H,6-9H2,1-5H3;9H,5-8,12H2,1-4H3;10-12H,5-9H2,1-4H3;6,8H,3-5,7H2,1-2H3;1-4H2;3-4H,1-2H3;1-2H3;2*1H4/t2*16-,22?;10-;9-;11-;6-;;;;;/m110001...../s1. The average Bonchev–Trinajstić information content (AvgIpc) is 1.73. The number of nitrogens with zero attached hydrogens (tertiary/aromatic N) is 6. The van der Waals surface area contributed by atoms with Gasteiger partial charge in [0.2, 0.25) is 10.9 Å². The number of ether oxygens (including phenoxy) is 3. The Labute approximate surface area is 798 Å². The van der Waals surface area contributed by atoms with E-state index >= 15 is 0 Å². The number of aryl methyl sites for hydroxylation is 2. The number of nitrogens with one attached hydrogen (secondary N) is 3. The smallest absolute Gasteiger partial charge is 0.306 e. The van der Waals surface area contributed by atoms with Crippen LogP contribution in [0.5, 0.6) is 11.5 Å². The molecule has 25 nitrogen and oxygen atoms in total. The zero-order valence-corrected chi connectivity index (χ0v) is 84.8. The Morgan fingerprint density at radius 3 is 1.27 bits per heavy atom. The van der Waals surface area contributed by atoms with E-state index in [1.54, 1.807) is 9.80 Å². The fourth-order valence-corrected chi connectivity index (χ4v) is 15.0. The molecule has 2 aromatic heterocycles. The van der Waals surface area contributed by atoms with E-state index in [0.29, 0.717) is 81.1 Å². The Morgan fingerprint density at radius 2 is 0.902 bits per heavy atom. The second-order valence-electron chi connectivity index (χ2n) is 39.4. The minimum Gasteiger partial charge on any atom is -0.503 e. The van der Waals surface area contributed by atoms with Gasteiger partial charge in [-0.05, 0) is 249 Å². The molecule has 4 aromatic rings. The van der Waals surface area contributed by atoms with Gasteiger partial charge in [-0.3, -0.25) is 48.2 Å². The second kappa shape index (κ2) is 67.5. The van der Waals surface area contributed by atoms with Crippen LogP contribution in [0.15, 0.2) is 58.4 Å². The van der Waals surface area contributed by atoms with Gasteiger partial charge >= 0.3 is 11.9 Å². The quantitative estimate of drug-likeness (QED) is 0.00974. The lowest BCUT2D eigenvalue weighted by atomic mass is 9.97. The molecule has 133 heavy (non-hydrogen) atoms. The zero-order valence-electron chi connectivity index (χ0n) is 84.8. The van der Waals surface area contributed by atoms with Crippen molar-refractivity contribution >= 4 is 41.6 Å². The summed E-state index contributed by atoms with van der Waals surface area (Å²) >= 11 is 0. The van der Waals surface area contributed by atoms with Crippen LogP contribution in [0.1, 0.15) is 329 Å². The van der Waals surface area contributed by atoms with Gasteiger partial charge in [-0.2, -0.15) is 0 Å². The highest BCUT2D eigenvalue weighted by Gasteiger charge is 2.43. The highest BCUT2D eigenvalue weighted by Crippen LogP contribution is 2.33. The molecule has 9 N–H and O–H groups in total. The van der Waals surface area contributed by atoms with Gasteiger partial charge in [0, 0.05) is 109 Å². The SMILES string of the molecule is C.C.C1CCOC1.CC.CC(C)C=O.CC(C)CN1CC[C@@H](C)CN2C(=O)c3c(O)c(=O)c(C(=O)CCc4ccc(F)cc4F)cn3CC12.CC(C)CN1C[C@H](C)CCN2C(=O)c3c(O)c(=O)c(C(=O)CCc4ccc(F)cc4F)cn3CC12.CNCC[C@@H](C)CCC(=O)OC(C)(C)C.CNCC[C@@H](C)CCCC(C)C.CNCC[C@@H](C)CN.C[C@H](CCN)CCC(=O)OC(C)(C)C. The third-order valence-electron chi connectivity index (χ3n) is 22.4. The van der Waals surface area contributed by atoms with Crippen LogP contribution in [0.2, 0.25) is 0 Å². The van der Waals surface area contributed by atoms with Crippen LogP contribution >= 0.6 is 0 Å². The van der Waals surface area contributed by atoms with Crippen LogP contribution in [0.25, 0.3) is 0 Å². The number of aldehydes is 1. The molecule has 2 unspecified atom stereocenters. The molecule has 3 saturated heterocycles. The first-order valence-corrected chi connectivity index (χ1v) is 48.3. The fraction of sp³-hybridized carbons (Fsp3) is 0.721. The normalized spacial score (nSPS) is 17.1. The van der Waals surface area contributed by atoms with E-state index in [-0.39, 0.29) is 121 Å². The van der Waals surface area contributed by atoms with Gasteiger partial charge in [0.05, 0.1) is 24.2 Å². The van der Waals surface area contributed by atoms with Crippen molar-refractivity contribution in [3.05, 3.63) is 126 Å². The van der Waals surface area contributed by atoms with Crippen molar-refractivity contribution in [3.63, 3.8) is 0 Å². The molecule has 7 heterocycles. The van der Waals surface area contributed by atoms with Crippen molar-refractivity contribution in [3.8, 4) is 11.5 Å². The van der Waals surface area contributed by atoms with E-state index in [1.165, 1.54) is 85.2 Å². The molecule has 5 aliphatic rings. The first kappa shape index (κ1) is 127. The lowest BCUT2D eigenvalue weighted by Gasteiger charge is -2.42. The van der Waals surface area contributed by atoms with Crippen LogP contribution < -0.4 is 38.3 Å². The van der Waals surface area contributed by atoms with E-state index in [9.17, 15) is 70.9 Å². The number of Topliss-reactive ketones (excluding diaryl/α,β-unsaturated/α-hetero) is 2. The maximum atomic E-state index is 14.0. The van der Waals surface area contributed by atoms with Crippen molar-refractivity contribution in [2.24, 2.45) is 70.6 Å². The average molecular weight is 1890 g/mol. The van der Waals surface area contributed by atoms with Crippen LogP contribution in [0, 0.1) is 82.4 Å². The number of aromatic hydroxyl groups is 2. The topological polar surface area (TPSA) is 333 Å². The third kappa shape index (κ3) is 50.2. The summed E-state index contributed by atoms with van der Waals surface area (Å²) in [4.78, 5) is 119. The van der Waals surface area contributed by atoms with Crippen molar-refractivity contribution in [1.29, 1.82) is 0 Å². The van der Waals surface area contributed by atoms with E-state index in [0.717, 1.165) is 140 Å². The molecular weight excluding hydrogens is 1700 g/mol. The zero-order chi connectivity index (χ0) is 99.6. The summed E-state index contributed by atoms with van der Waals surface area (Å²) in [5.41, 5.74) is 7.89. The van der Waals surface area contributed by atoms with Crippen LogP contribution in [-0.2, 0) is 54.5 Å². The third-order valence-corrected chi connectivity index (χ3v) is 22.4. The van der Waals surface area contributed by atoms with Crippen LogP contribution in [0.3, 0.4) is 0 Å². The molecular formula is C104H181F4N11O14. The number of amides is 2. The van der Waals surface area contributed by atoms with Gasteiger partial charge in [-0.15, -0.1) is 0 Å². The predicted octanol–water partition coefficient (Wildman–Crippen LogP) is 18.5. The molecule has 8 atom stereocenters. The maximum absolute atomic E-state index is 14.0. The number of halogens is 4. The summed E-state index contributed by atoms with van der Waals surface area (Å²) in [6.07, 6.45) is 18.6. The molecule has 5 aliphatic heterocycles.